The molecule has 0 saturated carbocycles. The summed E-state index contributed by atoms with van der Waals surface area (Å²) >= 11 is 0. The third-order valence-corrected chi connectivity index (χ3v) is 4.46. The first-order chi connectivity index (χ1) is 15.0. The van der Waals surface area contributed by atoms with Crippen molar-refractivity contribution in [3.63, 3.8) is 0 Å². The van der Waals surface area contributed by atoms with Crippen LogP contribution in [0, 0.1) is 10.1 Å². The Morgan fingerprint density at radius 2 is 1.45 bits per heavy atom. The maximum atomic E-state index is 12.8. The van der Waals surface area contributed by atoms with Crippen LogP contribution in [0.15, 0.2) is 90.0 Å². The molecule has 3 aromatic rings. The zero-order chi connectivity index (χ0) is 22.1. The molecule has 8 nitrogen and oxygen atoms in total. The summed E-state index contributed by atoms with van der Waals surface area (Å²) in [5, 5.41) is 17.1. The second kappa shape index (κ2) is 10.4. The Labute approximate surface area is 178 Å². The van der Waals surface area contributed by atoms with Crippen LogP contribution in [-0.4, -0.2) is 29.5 Å². The lowest BCUT2D eigenvalue weighted by atomic mass is 9.90. The number of rotatable bonds is 8. The highest BCUT2D eigenvalue weighted by molar-refractivity contribution is 5.91. The molecule has 0 unspecified atom stereocenters. The van der Waals surface area contributed by atoms with Gasteiger partial charge in [0.2, 0.25) is 5.91 Å². The van der Waals surface area contributed by atoms with Gasteiger partial charge >= 0.3 is 0 Å². The van der Waals surface area contributed by atoms with E-state index in [9.17, 15) is 19.7 Å². The lowest BCUT2D eigenvalue weighted by molar-refractivity contribution is -0.384. The second-order valence-electron chi connectivity index (χ2n) is 6.61. The molecule has 31 heavy (non-hydrogen) atoms. The average molecular weight is 416 g/mol. The fourth-order valence-electron chi connectivity index (χ4n) is 2.96. The molecular weight excluding hydrogens is 396 g/mol. The SMILES string of the molecule is O=C(CNC(=O)C(c1ccccc1)c1ccccc1)NN=Cc1ccc([N+](=O)[O-])cc1. The van der Waals surface area contributed by atoms with E-state index in [1.54, 1.807) is 0 Å². The summed E-state index contributed by atoms with van der Waals surface area (Å²) in [4.78, 5) is 35.0. The maximum Gasteiger partial charge on any atom is 0.269 e. The molecule has 3 aromatic carbocycles. The van der Waals surface area contributed by atoms with Gasteiger partial charge in [-0.05, 0) is 28.8 Å². The molecule has 0 aromatic heterocycles. The predicted octanol–water partition coefficient (Wildman–Crippen LogP) is 2.99. The number of hydrogen-bond acceptors (Lipinski definition) is 5. The van der Waals surface area contributed by atoms with Gasteiger partial charge in [-0.1, -0.05) is 60.7 Å². The lowest BCUT2D eigenvalue weighted by Crippen LogP contribution is -2.37. The summed E-state index contributed by atoms with van der Waals surface area (Å²) in [6.45, 7) is -0.243. The Balaban J connectivity index is 1.58. The third kappa shape index (κ3) is 6.07. The molecule has 0 aliphatic carbocycles. The summed E-state index contributed by atoms with van der Waals surface area (Å²) in [6.07, 6.45) is 1.36. The summed E-state index contributed by atoms with van der Waals surface area (Å²) in [7, 11) is 0. The standard InChI is InChI=1S/C23H20N4O4/c28-21(26-25-15-17-11-13-20(14-12-17)27(30)31)16-24-23(29)22(18-7-3-1-4-8-18)19-9-5-2-6-10-19/h1-15,22H,16H2,(H,24,29)(H,26,28). The van der Waals surface area contributed by atoms with Gasteiger partial charge < -0.3 is 5.32 Å². The first-order valence-corrected chi connectivity index (χ1v) is 9.48. The molecule has 0 aliphatic rings. The van der Waals surface area contributed by atoms with E-state index in [-0.39, 0.29) is 18.1 Å². The quantitative estimate of drug-likeness (QED) is 0.334. The molecule has 0 radical (unpaired) electrons. The molecule has 0 fully saturated rings. The maximum absolute atomic E-state index is 12.8. The molecule has 3 rings (SSSR count). The number of nitro benzene ring substituents is 1. The number of hydrazone groups is 1. The Morgan fingerprint density at radius 3 is 1.97 bits per heavy atom. The minimum atomic E-state index is -0.543. The van der Waals surface area contributed by atoms with Crippen molar-refractivity contribution >= 4 is 23.7 Å². The smallest absolute Gasteiger partial charge is 0.269 e. The number of nitrogens with one attached hydrogen (secondary N) is 2. The van der Waals surface area contributed by atoms with E-state index in [2.05, 4.69) is 15.8 Å². The van der Waals surface area contributed by atoms with Crippen LogP contribution in [0.1, 0.15) is 22.6 Å². The van der Waals surface area contributed by atoms with E-state index in [1.807, 2.05) is 60.7 Å². The van der Waals surface area contributed by atoms with E-state index in [0.29, 0.717) is 5.56 Å². The van der Waals surface area contributed by atoms with Gasteiger partial charge in [-0.2, -0.15) is 5.10 Å². The molecule has 2 amide bonds. The van der Waals surface area contributed by atoms with Crippen LogP contribution >= 0.6 is 0 Å². The number of benzene rings is 3. The summed E-state index contributed by atoms with van der Waals surface area (Å²) in [5.41, 5.74) is 4.52. The van der Waals surface area contributed by atoms with Crippen LogP contribution in [0.5, 0.6) is 0 Å². The van der Waals surface area contributed by atoms with Gasteiger partial charge in [0.25, 0.3) is 11.6 Å². The van der Waals surface area contributed by atoms with Crippen LogP contribution in [-0.2, 0) is 9.59 Å². The Bertz CT molecular complexity index is 1030. The van der Waals surface area contributed by atoms with E-state index in [0.717, 1.165) is 11.1 Å². The molecule has 0 heterocycles. The van der Waals surface area contributed by atoms with Crippen LogP contribution in [0.2, 0.25) is 0 Å². The van der Waals surface area contributed by atoms with Crippen molar-refractivity contribution in [1.29, 1.82) is 0 Å². The fourth-order valence-corrected chi connectivity index (χ4v) is 2.96. The minimum Gasteiger partial charge on any atom is -0.346 e. The van der Waals surface area contributed by atoms with Gasteiger partial charge in [-0.15, -0.1) is 0 Å². The van der Waals surface area contributed by atoms with E-state index in [4.69, 9.17) is 0 Å². The minimum absolute atomic E-state index is 0.0321. The van der Waals surface area contributed by atoms with Crippen molar-refractivity contribution in [2.45, 2.75) is 5.92 Å². The Morgan fingerprint density at radius 1 is 0.903 bits per heavy atom. The highest BCUT2D eigenvalue weighted by Crippen LogP contribution is 2.24. The zero-order valence-corrected chi connectivity index (χ0v) is 16.5. The van der Waals surface area contributed by atoms with E-state index >= 15 is 0 Å². The summed E-state index contributed by atoms with van der Waals surface area (Å²) < 4.78 is 0. The van der Waals surface area contributed by atoms with Crippen molar-refractivity contribution in [1.82, 2.24) is 10.7 Å². The second-order valence-corrected chi connectivity index (χ2v) is 6.61. The Hall–Kier alpha value is -4.33. The van der Waals surface area contributed by atoms with Gasteiger partial charge in [0.05, 0.1) is 23.6 Å². The van der Waals surface area contributed by atoms with Gasteiger partial charge in [-0.25, -0.2) is 5.43 Å². The summed E-state index contributed by atoms with van der Waals surface area (Å²) in [6, 6.07) is 24.4. The monoisotopic (exact) mass is 416 g/mol. The molecule has 2 N–H and O–H groups in total. The number of carbonyl (C=O) groups excluding carboxylic acids is 2. The first-order valence-electron chi connectivity index (χ1n) is 9.48. The van der Waals surface area contributed by atoms with Crippen LogP contribution in [0.4, 0.5) is 5.69 Å². The predicted molar refractivity (Wildman–Crippen MR) is 117 cm³/mol. The van der Waals surface area contributed by atoms with E-state index < -0.39 is 16.7 Å². The molecular formula is C23H20N4O4. The largest absolute Gasteiger partial charge is 0.346 e. The first kappa shape index (κ1) is 21.4. The Kier molecular flexibility index (Phi) is 7.21. The number of carbonyl (C=O) groups is 2. The number of nitro groups is 1. The average Bonchev–Trinajstić information content (AvgIpc) is 2.80. The normalized spacial score (nSPS) is 10.7. The lowest BCUT2D eigenvalue weighted by Gasteiger charge is -2.17. The molecule has 8 heteroatoms. The van der Waals surface area contributed by atoms with Crippen molar-refractivity contribution < 1.29 is 14.5 Å². The zero-order valence-electron chi connectivity index (χ0n) is 16.5. The van der Waals surface area contributed by atoms with Gasteiger partial charge in [-0.3, -0.25) is 19.7 Å². The number of amides is 2. The highest BCUT2D eigenvalue weighted by Gasteiger charge is 2.22. The molecule has 156 valence electrons. The van der Waals surface area contributed by atoms with Crippen molar-refractivity contribution in [3.8, 4) is 0 Å². The van der Waals surface area contributed by atoms with Crippen LogP contribution < -0.4 is 10.7 Å². The number of hydrogen-bond donors (Lipinski definition) is 2. The highest BCUT2D eigenvalue weighted by atomic mass is 16.6. The van der Waals surface area contributed by atoms with Crippen molar-refractivity contribution in [3.05, 3.63) is 112 Å². The van der Waals surface area contributed by atoms with E-state index in [1.165, 1.54) is 30.5 Å². The molecule has 0 aliphatic heterocycles. The van der Waals surface area contributed by atoms with Crippen LogP contribution in [0.3, 0.4) is 0 Å². The van der Waals surface area contributed by atoms with Gasteiger partial charge in [0, 0.05) is 12.1 Å². The fraction of sp³-hybridized carbons (Fsp3) is 0.0870. The van der Waals surface area contributed by atoms with Gasteiger partial charge in [0.15, 0.2) is 0 Å². The van der Waals surface area contributed by atoms with Crippen molar-refractivity contribution in [2.24, 2.45) is 5.10 Å². The third-order valence-electron chi connectivity index (χ3n) is 4.46. The van der Waals surface area contributed by atoms with Gasteiger partial charge in [0.1, 0.15) is 0 Å². The number of nitrogens with zero attached hydrogens (tertiary/aromatic N) is 2. The topological polar surface area (TPSA) is 114 Å². The number of non-ortho nitro benzene ring substituents is 1. The molecule has 0 saturated heterocycles. The molecule has 0 atom stereocenters. The molecule has 0 spiro atoms. The van der Waals surface area contributed by atoms with Crippen LogP contribution in [0.25, 0.3) is 0 Å². The molecule has 0 bridgehead atoms. The van der Waals surface area contributed by atoms with Crippen molar-refractivity contribution in [2.75, 3.05) is 6.54 Å². The summed E-state index contributed by atoms with van der Waals surface area (Å²) in [5.74, 6) is -1.34.